The van der Waals surface area contributed by atoms with Crippen molar-refractivity contribution >= 4 is 29.3 Å². The minimum absolute atomic E-state index is 0.00829. The van der Waals surface area contributed by atoms with Crippen LogP contribution in [0.25, 0.3) is 11.4 Å². The number of hydrogen-bond donors (Lipinski definition) is 1. The number of nitrogens with two attached hydrogens (primary N) is 1. The maximum absolute atomic E-state index is 11.5. The average molecular weight is 312 g/mol. The molecule has 0 unspecified atom stereocenters. The molecule has 0 spiro atoms. The molecule has 1 aromatic heterocycles. The van der Waals surface area contributed by atoms with Gasteiger partial charge in [0, 0.05) is 24.7 Å². The van der Waals surface area contributed by atoms with Crippen LogP contribution in [-0.2, 0) is 4.79 Å². The van der Waals surface area contributed by atoms with E-state index in [0.717, 1.165) is 5.56 Å². The van der Waals surface area contributed by atoms with Crippen LogP contribution in [0.5, 0.6) is 0 Å². The van der Waals surface area contributed by atoms with Gasteiger partial charge in [0.05, 0.1) is 5.75 Å². The summed E-state index contributed by atoms with van der Waals surface area (Å²) in [6, 6.07) is 7.15. The molecule has 1 amide bonds. The first-order valence-electron chi connectivity index (χ1n) is 5.78. The molecular weight excluding hydrogens is 298 g/mol. The Hall–Kier alpha value is -1.73. The Bertz CT molecular complexity index is 611. The number of carbonyl (C=O) groups excluding carboxylic acids is 1. The number of halogens is 1. The summed E-state index contributed by atoms with van der Waals surface area (Å²) in [5, 5.41) is 9.16. The zero-order valence-corrected chi connectivity index (χ0v) is 12.6. The highest BCUT2D eigenvalue weighted by Gasteiger charge is 2.14. The first-order valence-corrected chi connectivity index (χ1v) is 7.15. The van der Waals surface area contributed by atoms with E-state index in [1.54, 1.807) is 26.2 Å². The summed E-state index contributed by atoms with van der Waals surface area (Å²) in [5.74, 6) is 6.74. The van der Waals surface area contributed by atoms with Crippen LogP contribution in [0.15, 0.2) is 29.4 Å². The third kappa shape index (κ3) is 3.23. The summed E-state index contributed by atoms with van der Waals surface area (Å²) in [4.78, 5) is 13.1. The van der Waals surface area contributed by atoms with Crippen molar-refractivity contribution < 1.29 is 4.79 Å². The number of amides is 1. The fraction of sp³-hybridized carbons (Fsp3) is 0.250. The molecule has 0 aliphatic carbocycles. The van der Waals surface area contributed by atoms with Gasteiger partial charge in [0.15, 0.2) is 5.82 Å². The Morgan fingerprint density at radius 1 is 1.35 bits per heavy atom. The summed E-state index contributed by atoms with van der Waals surface area (Å²) < 4.78 is 1.37. The molecule has 0 bridgehead atoms. The predicted molar refractivity (Wildman–Crippen MR) is 80.0 cm³/mol. The van der Waals surface area contributed by atoms with E-state index >= 15 is 0 Å². The van der Waals surface area contributed by atoms with Gasteiger partial charge in [0.2, 0.25) is 11.1 Å². The molecule has 106 valence electrons. The molecule has 0 saturated heterocycles. The predicted octanol–water partition coefficient (Wildman–Crippen LogP) is 1.49. The number of benzene rings is 1. The van der Waals surface area contributed by atoms with Gasteiger partial charge in [0.25, 0.3) is 0 Å². The van der Waals surface area contributed by atoms with E-state index in [1.807, 2.05) is 12.1 Å². The average Bonchev–Trinajstić information content (AvgIpc) is 2.78. The third-order valence-electron chi connectivity index (χ3n) is 2.59. The Labute approximate surface area is 125 Å². The Kier molecular flexibility index (Phi) is 4.51. The number of carbonyl (C=O) groups is 1. The number of rotatable bonds is 4. The van der Waals surface area contributed by atoms with Crippen LogP contribution in [0.3, 0.4) is 0 Å². The molecule has 1 aromatic carbocycles. The third-order valence-corrected chi connectivity index (χ3v) is 3.77. The first kappa shape index (κ1) is 14.7. The largest absolute Gasteiger partial charge is 0.348 e. The zero-order valence-electron chi connectivity index (χ0n) is 11.1. The maximum Gasteiger partial charge on any atom is 0.232 e. The van der Waals surface area contributed by atoms with Crippen molar-refractivity contribution in [2.45, 2.75) is 5.16 Å². The smallest absolute Gasteiger partial charge is 0.232 e. The lowest BCUT2D eigenvalue weighted by Gasteiger charge is -2.09. The molecule has 2 rings (SSSR count). The van der Waals surface area contributed by atoms with Gasteiger partial charge < -0.3 is 10.7 Å². The molecule has 0 fully saturated rings. The lowest BCUT2D eigenvalue weighted by atomic mass is 10.2. The van der Waals surface area contributed by atoms with Crippen LogP contribution in [0, 0.1) is 0 Å². The zero-order chi connectivity index (χ0) is 14.7. The molecular formula is C12H14ClN5OS. The van der Waals surface area contributed by atoms with Crippen LogP contribution in [-0.4, -0.2) is 45.5 Å². The fourth-order valence-electron chi connectivity index (χ4n) is 1.43. The lowest BCUT2D eigenvalue weighted by Crippen LogP contribution is -2.24. The molecule has 2 aromatic rings. The number of nitrogens with zero attached hydrogens (tertiary/aromatic N) is 4. The van der Waals surface area contributed by atoms with Crippen LogP contribution in [0.1, 0.15) is 0 Å². The minimum atomic E-state index is -0.00829. The molecule has 2 N–H and O–H groups in total. The first-order chi connectivity index (χ1) is 9.49. The van der Waals surface area contributed by atoms with Crippen molar-refractivity contribution in [3.8, 4) is 11.4 Å². The van der Waals surface area contributed by atoms with Gasteiger partial charge >= 0.3 is 0 Å². The van der Waals surface area contributed by atoms with E-state index in [4.69, 9.17) is 17.4 Å². The number of nitrogen functional groups attached to an aromatic ring is 1. The van der Waals surface area contributed by atoms with E-state index in [9.17, 15) is 4.79 Å². The topological polar surface area (TPSA) is 77.0 Å². The van der Waals surface area contributed by atoms with Crippen molar-refractivity contribution in [1.29, 1.82) is 0 Å². The summed E-state index contributed by atoms with van der Waals surface area (Å²) in [6.45, 7) is 0. The fourth-order valence-corrected chi connectivity index (χ4v) is 2.39. The van der Waals surface area contributed by atoms with Gasteiger partial charge in [-0.3, -0.25) is 4.79 Å². The van der Waals surface area contributed by atoms with Crippen LogP contribution in [0.2, 0.25) is 5.02 Å². The van der Waals surface area contributed by atoms with Gasteiger partial charge in [-0.15, -0.1) is 10.2 Å². The van der Waals surface area contributed by atoms with E-state index < -0.39 is 0 Å². The van der Waals surface area contributed by atoms with Crippen molar-refractivity contribution in [3.05, 3.63) is 29.3 Å². The number of aromatic nitrogens is 3. The SMILES string of the molecule is CN(C)C(=O)CSc1nnc(-c2ccc(Cl)cc2)n1N. The van der Waals surface area contributed by atoms with Crippen molar-refractivity contribution in [3.63, 3.8) is 0 Å². The molecule has 0 atom stereocenters. The normalized spacial score (nSPS) is 10.6. The van der Waals surface area contributed by atoms with Gasteiger partial charge in [0.1, 0.15) is 0 Å². The molecule has 0 aliphatic rings. The Balaban J connectivity index is 2.15. The highest BCUT2D eigenvalue weighted by Crippen LogP contribution is 2.22. The molecule has 8 heteroatoms. The molecule has 0 saturated carbocycles. The summed E-state index contributed by atoms with van der Waals surface area (Å²) in [6.07, 6.45) is 0. The second kappa shape index (κ2) is 6.15. The summed E-state index contributed by atoms with van der Waals surface area (Å²) >= 11 is 7.09. The summed E-state index contributed by atoms with van der Waals surface area (Å²) in [7, 11) is 3.41. The Morgan fingerprint density at radius 3 is 2.60 bits per heavy atom. The van der Waals surface area contributed by atoms with Gasteiger partial charge in [-0.25, -0.2) is 4.68 Å². The van der Waals surface area contributed by atoms with Crippen LogP contribution in [0.4, 0.5) is 0 Å². The second-order valence-electron chi connectivity index (χ2n) is 4.26. The molecule has 0 radical (unpaired) electrons. The van der Waals surface area contributed by atoms with E-state index in [2.05, 4.69) is 10.2 Å². The number of thioether (sulfide) groups is 1. The van der Waals surface area contributed by atoms with Gasteiger partial charge in [-0.1, -0.05) is 23.4 Å². The van der Waals surface area contributed by atoms with Crippen molar-refractivity contribution in [1.82, 2.24) is 19.8 Å². The number of hydrogen-bond acceptors (Lipinski definition) is 5. The molecule has 0 aliphatic heterocycles. The van der Waals surface area contributed by atoms with E-state index in [0.29, 0.717) is 16.0 Å². The van der Waals surface area contributed by atoms with Crippen molar-refractivity contribution in [2.24, 2.45) is 0 Å². The standard InChI is InChI=1S/C12H14ClN5OS/c1-17(2)10(19)7-20-12-16-15-11(18(12)14)8-3-5-9(13)6-4-8/h3-6H,7,14H2,1-2H3. The lowest BCUT2D eigenvalue weighted by molar-refractivity contribution is -0.125. The van der Waals surface area contributed by atoms with Crippen molar-refractivity contribution in [2.75, 3.05) is 25.7 Å². The van der Waals surface area contributed by atoms with Crippen LogP contribution < -0.4 is 5.84 Å². The van der Waals surface area contributed by atoms with Gasteiger partial charge in [-0.05, 0) is 24.3 Å². The quantitative estimate of drug-likeness (QED) is 0.684. The van der Waals surface area contributed by atoms with E-state index in [1.165, 1.54) is 21.3 Å². The minimum Gasteiger partial charge on any atom is -0.348 e. The van der Waals surface area contributed by atoms with Gasteiger partial charge in [-0.2, -0.15) is 0 Å². The monoisotopic (exact) mass is 311 g/mol. The molecule has 6 nitrogen and oxygen atoms in total. The second-order valence-corrected chi connectivity index (χ2v) is 5.64. The summed E-state index contributed by atoms with van der Waals surface area (Å²) in [5.41, 5.74) is 0.815. The molecule has 1 heterocycles. The Morgan fingerprint density at radius 2 is 2.00 bits per heavy atom. The van der Waals surface area contributed by atoms with Crippen LogP contribution >= 0.6 is 23.4 Å². The van der Waals surface area contributed by atoms with E-state index in [-0.39, 0.29) is 11.7 Å². The maximum atomic E-state index is 11.5. The molecule has 20 heavy (non-hydrogen) atoms. The highest BCUT2D eigenvalue weighted by molar-refractivity contribution is 7.99. The highest BCUT2D eigenvalue weighted by atomic mass is 35.5.